The van der Waals surface area contributed by atoms with Gasteiger partial charge in [-0.15, -0.1) is 35.7 Å². The first-order valence-corrected chi connectivity index (χ1v) is 8.75. The standard InChI is InChI=1S/C16H25FN4OS.HI/c1-3-18-16(21-11-10-19-13(2)22)20-9-4-12-23-15-7-5-14(17)6-8-15;/h5-8H,3-4,9-12H2,1-2H3,(H,19,22)(H2,18,20,21);1H. The summed E-state index contributed by atoms with van der Waals surface area (Å²) in [7, 11) is 0. The average Bonchev–Trinajstić information content (AvgIpc) is 2.52. The normalized spacial score (nSPS) is 10.7. The highest BCUT2D eigenvalue weighted by Crippen LogP contribution is 2.18. The number of hydrogen-bond donors (Lipinski definition) is 3. The number of guanidine groups is 1. The Morgan fingerprint density at radius 2 is 1.83 bits per heavy atom. The number of carbonyl (C=O) groups excluding carboxylic acids is 1. The molecule has 0 radical (unpaired) electrons. The quantitative estimate of drug-likeness (QED) is 0.172. The van der Waals surface area contributed by atoms with Crippen LogP contribution in [0.1, 0.15) is 20.3 Å². The zero-order valence-corrected chi connectivity index (χ0v) is 17.2. The molecule has 136 valence electrons. The summed E-state index contributed by atoms with van der Waals surface area (Å²) in [5, 5.41) is 9.06. The molecule has 0 spiro atoms. The van der Waals surface area contributed by atoms with E-state index in [1.165, 1.54) is 19.1 Å². The molecule has 0 saturated carbocycles. The van der Waals surface area contributed by atoms with E-state index >= 15 is 0 Å². The molecule has 1 amide bonds. The lowest BCUT2D eigenvalue weighted by Gasteiger charge is -2.11. The van der Waals surface area contributed by atoms with Gasteiger partial charge in [0, 0.05) is 38.0 Å². The van der Waals surface area contributed by atoms with E-state index in [1.807, 2.05) is 6.92 Å². The minimum absolute atomic E-state index is 0. The Morgan fingerprint density at radius 1 is 1.17 bits per heavy atom. The Bertz CT molecular complexity index is 499. The van der Waals surface area contributed by atoms with Crippen molar-refractivity contribution in [1.29, 1.82) is 0 Å². The van der Waals surface area contributed by atoms with Crippen LogP contribution in [-0.4, -0.2) is 43.8 Å². The Labute approximate surface area is 164 Å². The summed E-state index contributed by atoms with van der Waals surface area (Å²) in [4.78, 5) is 16.3. The van der Waals surface area contributed by atoms with Crippen molar-refractivity contribution >= 4 is 47.6 Å². The zero-order chi connectivity index (χ0) is 16.9. The van der Waals surface area contributed by atoms with Gasteiger partial charge in [0.25, 0.3) is 0 Å². The van der Waals surface area contributed by atoms with Gasteiger partial charge in [-0.25, -0.2) is 4.39 Å². The second-order valence-electron chi connectivity index (χ2n) is 4.83. The second kappa shape index (κ2) is 14.3. The van der Waals surface area contributed by atoms with Gasteiger partial charge in [-0.3, -0.25) is 9.79 Å². The minimum Gasteiger partial charge on any atom is -0.357 e. The van der Waals surface area contributed by atoms with E-state index in [2.05, 4.69) is 20.9 Å². The maximum absolute atomic E-state index is 12.8. The van der Waals surface area contributed by atoms with Crippen LogP contribution in [0.2, 0.25) is 0 Å². The van der Waals surface area contributed by atoms with Gasteiger partial charge in [0.05, 0.1) is 0 Å². The smallest absolute Gasteiger partial charge is 0.216 e. The van der Waals surface area contributed by atoms with E-state index in [0.717, 1.165) is 29.6 Å². The SMILES string of the molecule is CCNC(=NCCCSc1ccc(F)cc1)NCCNC(C)=O.I. The summed E-state index contributed by atoms with van der Waals surface area (Å²) < 4.78 is 12.8. The molecule has 8 heteroatoms. The lowest BCUT2D eigenvalue weighted by atomic mass is 10.4. The van der Waals surface area contributed by atoms with Crippen LogP contribution in [0, 0.1) is 5.82 Å². The third-order valence-electron chi connectivity index (χ3n) is 2.79. The molecule has 0 aromatic heterocycles. The number of halogens is 2. The number of amides is 1. The first-order valence-electron chi connectivity index (χ1n) is 7.76. The molecule has 0 aliphatic heterocycles. The molecule has 0 atom stereocenters. The number of aliphatic imine (C=N–C) groups is 1. The maximum atomic E-state index is 12.8. The lowest BCUT2D eigenvalue weighted by molar-refractivity contribution is -0.118. The van der Waals surface area contributed by atoms with E-state index in [-0.39, 0.29) is 35.7 Å². The van der Waals surface area contributed by atoms with Gasteiger partial charge >= 0.3 is 0 Å². The molecule has 0 unspecified atom stereocenters. The van der Waals surface area contributed by atoms with Crippen LogP contribution >= 0.6 is 35.7 Å². The van der Waals surface area contributed by atoms with Crippen molar-refractivity contribution in [3.8, 4) is 0 Å². The fourth-order valence-corrected chi connectivity index (χ4v) is 2.58. The topological polar surface area (TPSA) is 65.5 Å². The van der Waals surface area contributed by atoms with Crippen LogP contribution in [0.4, 0.5) is 4.39 Å². The van der Waals surface area contributed by atoms with Gasteiger partial charge in [0.2, 0.25) is 5.91 Å². The summed E-state index contributed by atoms with van der Waals surface area (Å²) in [6.07, 6.45) is 0.935. The lowest BCUT2D eigenvalue weighted by Crippen LogP contribution is -2.41. The fourth-order valence-electron chi connectivity index (χ4n) is 1.74. The Hall–Kier alpha value is -1.03. The predicted octanol–water partition coefficient (Wildman–Crippen LogP) is 2.62. The first-order chi connectivity index (χ1) is 11.1. The van der Waals surface area contributed by atoms with Gasteiger partial charge in [-0.2, -0.15) is 0 Å². The highest BCUT2D eigenvalue weighted by Gasteiger charge is 1.98. The molecule has 3 N–H and O–H groups in total. The molecule has 0 fully saturated rings. The van der Waals surface area contributed by atoms with Crippen molar-refractivity contribution in [1.82, 2.24) is 16.0 Å². The number of nitrogens with zero attached hydrogens (tertiary/aromatic N) is 1. The Kier molecular flexibility index (Phi) is 13.7. The van der Waals surface area contributed by atoms with Gasteiger partial charge < -0.3 is 16.0 Å². The summed E-state index contributed by atoms with van der Waals surface area (Å²) in [6.45, 7) is 6.21. The minimum atomic E-state index is -0.209. The van der Waals surface area contributed by atoms with Crippen molar-refractivity contribution in [3.63, 3.8) is 0 Å². The number of nitrogens with one attached hydrogen (secondary N) is 3. The molecule has 0 aliphatic carbocycles. The van der Waals surface area contributed by atoms with E-state index in [0.29, 0.717) is 19.6 Å². The zero-order valence-electron chi connectivity index (χ0n) is 14.1. The van der Waals surface area contributed by atoms with E-state index < -0.39 is 0 Å². The summed E-state index contributed by atoms with van der Waals surface area (Å²) in [6, 6.07) is 6.53. The van der Waals surface area contributed by atoms with Crippen LogP contribution in [0.5, 0.6) is 0 Å². The molecule has 0 bridgehead atoms. The van der Waals surface area contributed by atoms with Crippen LogP contribution in [0.15, 0.2) is 34.2 Å². The summed E-state index contributed by atoms with van der Waals surface area (Å²) in [5.74, 6) is 1.44. The molecule has 1 aromatic rings. The number of rotatable bonds is 9. The van der Waals surface area contributed by atoms with E-state index in [9.17, 15) is 9.18 Å². The molecule has 0 saturated heterocycles. The molecule has 1 rings (SSSR count). The third kappa shape index (κ3) is 11.5. The highest BCUT2D eigenvalue weighted by atomic mass is 127. The van der Waals surface area contributed by atoms with Crippen molar-refractivity contribution in [2.45, 2.75) is 25.2 Å². The van der Waals surface area contributed by atoms with Gasteiger partial charge in [0.15, 0.2) is 5.96 Å². The van der Waals surface area contributed by atoms with Crippen LogP contribution < -0.4 is 16.0 Å². The van der Waals surface area contributed by atoms with Gasteiger partial charge in [-0.05, 0) is 43.4 Å². The third-order valence-corrected chi connectivity index (χ3v) is 3.89. The van der Waals surface area contributed by atoms with E-state index in [1.54, 1.807) is 23.9 Å². The average molecular weight is 468 g/mol. The molecular weight excluding hydrogens is 442 g/mol. The van der Waals surface area contributed by atoms with Crippen molar-refractivity contribution in [3.05, 3.63) is 30.1 Å². The van der Waals surface area contributed by atoms with Crippen LogP contribution in [0.3, 0.4) is 0 Å². The monoisotopic (exact) mass is 468 g/mol. The van der Waals surface area contributed by atoms with Crippen LogP contribution in [0.25, 0.3) is 0 Å². The van der Waals surface area contributed by atoms with Crippen LogP contribution in [-0.2, 0) is 4.79 Å². The van der Waals surface area contributed by atoms with Gasteiger partial charge in [0.1, 0.15) is 5.82 Å². The molecule has 0 heterocycles. The molecule has 24 heavy (non-hydrogen) atoms. The summed E-state index contributed by atoms with van der Waals surface area (Å²) >= 11 is 1.69. The highest BCUT2D eigenvalue weighted by molar-refractivity contribution is 14.0. The largest absolute Gasteiger partial charge is 0.357 e. The van der Waals surface area contributed by atoms with Crippen molar-refractivity contribution in [2.24, 2.45) is 4.99 Å². The molecular formula is C16H26FIN4OS. The molecule has 5 nitrogen and oxygen atoms in total. The molecule has 1 aromatic carbocycles. The Balaban J connectivity index is 0.00000529. The van der Waals surface area contributed by atoms with Gasteiger partial charge in [-0.1, -0.05) is 0 Å². The number of benzene rings is 1. The second-order valence-corrected chi connectivity index (χ2v) is 5.99. The number of hydrogen-bond acceptors (Lipinski definition) is 3. The number of carbonyl (C=O) groups is 1. The predicted molar refractivity (Wildman–Crippen MR) is 110 cm³/mol. The Morgan fingerprint density at radius 3 is 2.46 bits per heavy atom. The summed E-state index contributed by atoms with van der Waals surface area (Å²) in [5.41, 5.74) is 0. The maximum Gasteiger partial charge on any atom is 0.216 e. The molecule has 0 aliphatic rings. The van der Waals surface area contributed by atoms with E-state index in [4.69, 9.17) is 0 Å². The number of thioether (sulfide) groups is 1. The first kappa shape index (κ1) is 23.0. The fraction of sp³-hybridized carbons (Fsp3) is 0.500. The van der Waals surface area contributed by atoms with Crippen molar-refractivity contribution in [2.75, 3.05) is 31.9 Å². The van der Waals surface area contributed by atoms with Crippen molar-refractivity contribution < 1.29 is 9.18 Å².